The maximum Gasteiger partial charge on any atom is 0.233 e. The first kappa shape index (κ1) is 14.2. The van der Waals surface area contributed by atoms with Crippen LogP contribution in [0.15, 0.2) is 48.2 Å². The molecule has 2 amide bonds. The summed E-state index contributed by atoms with van der Waals surface area (Å²) in [5, 5.41) is 0. The van der Waals surface area contributed by atoms with Crippen LogP contribution in [0.3, 0.4) is 0 Å². The van der Waals surface area contributed by atoms with Gasteiger partial charge in [0, 0.05) is 19.8 Å². The highest BCUT2D eigenvalue weighted by molar-refractivity contribution is 6.01. The fraction of sp³-hybridized carbons (Fsp3) is 0.368. The number of likely N-dealkylation sites (N-methyl/N-ethyl adjacent to an activating group) is 2. The largest absolute Gasteiger partial charge is 0.330 e. The standard InChI is InChI=1S/C19H20N2O2/c1-12-8-4-5-9-13(12)15-16-18(23)20(2)14-10-6-7-11-19(14,16)21(3)17(15)22/h4-5,7-11,15-16H,6H2,1-3H3. The van der Waals surface area contributed by atoms with Crippen molar-refractivity contribution in [3.05, 3.63) is 59.3 Å². The summed E-state index contributed by atoms with van der Waals surface area (Å²) in [4.78, 5) is 29.6. The Bertz CT molecular complexity index is 779. The van der Waals surface area contributed by atoms with Gasteiger partial charge in [-0.15, -0.1) is 0 Å². The highest BCUT2D eigenvalue weighted by Gasteiger charge is 2.67. The van der Waals surface area contributed by atoms with Crippen LogP contribution < -0.4 is 0 Å². The van der Waals surface area contributed by atoms with Crippen molar-refractivity contribution in [1.29, 1.82) is 0 Å². The fourth-order valence-corrected chi connectivity index (χ4v) is 4.53. The molecule has 2 saturated heterocycles. The van der Waals surface area contributed by atoms with Crippen LogP contribution in [0.1, 0.15) is 23.5 Å². The van der Waals surface area contributed by atoms with Crippen molar-refractivity contribution in [1.82, 2.24) is 9.80 Å². The van der Waals surface area contributed by atoms with Crippen molar-refractivity contribution in [2.24, 2.45) is 5.92 Å². The topological polar surface area (TPSA) is 40.6 Å². The van der Waals surface area contributed by atoms with Gasteiger partial charge in [0.15, 0.2) is 0 Å². The zero-order chi connectivity index (χ0) is 16.4. The SMILES string of the molecule is Cc1ccccc1C1C(=O)N(C)C23C=CCC=C2N(C)C(=O)C13. The Balaban J connectivity index is 1.95. The van der Waals surface area contributed by atoms with Crippen molar-refractivity contribution in [2.45, 2.75) is 24.8 Å². The Morgan fingerprint density at radius 1 is 1.13 bits per heavy atom. The molecule has 3 unspecified atom stereocenters. The molecular weight excluding hydrogens is 288 g/mol. The van der Waals surface area contributed by atoms with E-state index in [9.17, 15) is 9.59 Å². The summed E-state index contributed by atoms with van der Waals surface area (Å²) in [6.07, 6.45) is 7.00. The lowest BCUT2D eigenvalue weighted by atomic mass is 9.75. The summed E-state index contributed by atoms with van der Waals surface area (Å²) in [5.41, 5.74) is 2.35. The van der Waals surface area contributed by atoms with Crippen LogP contribution in [0.5, 0.6) is 0 Å². The molecule has 0 N–H and O–H groups in total. The second-order valence-electron chi connectivity index (χ2n) is 6.66. The summed E-state index contributed by atoms with van der Waals surface area (Å²) >= 11 is 0. The van der Waals surface area contributed by atoms with E-state index < -0.39 is 11.5 Å². The maximum absolute atomic E-state index is 13.1. The van der Waals surface area contributed by atoms with Crippen LogP contribution in [0.2, 0.25) is 0 Å². The predicted molar refractivity (Wildman–Crippen MR) is 87.5 cm³/mol. The number of amides is 2. The van der Waals surface area contributed by atoms with Gasteiger partial charge in [-0.05, 0) is 24.5 Å². The zero-order valence-corrected chi connectivity index (χ0v) is 13.6. The first-order chi connectivity index (χ1) is 11.0. The van der Waals surface area contributed by atoms with Gasteiger partial charge in [0.2, 0.25) is 11.8 Å². The minimum atomic E-state index is -0.617. The first-order valence-corrected chi connectivity index (χ1v) is 7.99. The van der Waals surface area contributed by atoms with Crippen molar-refractivity contribution < 1.29 is 9.59 Å². The van der Waals surface area contributed by atoms with Crippen molar-refractivity contribution in [3.8, 4) is 0 Å². The summed E-state index contributed by atoms with van der Waals surface area (Å²) in [6, 6.07) is 7.89. The molecule has 1 aromatic carbocycles. The number of allylic oxidation sites excluding steroid dienone is 2. The van der Waals surface area contributed by atoms with Crippen LogP contribution >= 0.6 is 0 Å². The van der Waals surface area contributed by atoms with Crippen LogP contribution in [-0.2, 0) is 9.59 Å². The molecule has 1 aliphatic carbocycles. The Morgan fingerprint density at radius 3 is 2.61 bits per heavy atom. The van der Waals surface area contributed by atoms with E-state index in [1.807, 2.05) is 45.3 Å². The zero-order valence-electron chi connectivity index (χ0n) is 13.6. The van der Waals surface area contributed by atoms with Crippen LogP contribution in [0.4, 0.5) is 0 Å². The quantitative estimate of drug-likeness (QED) is 0.747. The maximum atomic E-state index is 13.1. The van der Waals surface area contributed by atoms with Crippen molar-refractivity contribution >= 4 is 11.8 Å². The Morgan fingerprint density at radius 2 is 1.87 bits per heavy atom. The second-order valence-corrected chi connectivity index (χ2v) is 6.66. The van der Waals surface area contributed by atoms with Crippen LogP contribution in [-0.4, -0.2) is 41.2 Å². The number of carbonyl (C=O) groups is 2. The van der Waals surface area contributed by atoms with Gasteiger partial charge in [-0.2, -0.15) is 0 Å². The summed E-state index contributed by atoms with van der Waals surface area (Å²) < 4.78 is 0. The Kier molecular flexibility index (Phi) is 2.83. The van der Waals surface area contributed by atoms with Crippen molar-refractivity contribution in [2.75, 3.05) is 14.1 Å². The summed E-state index contributed by atoms with van der Waals surface area (Å²) in [7, 11) is 3.64. The number of likely N-dealkylation sites (tertiary alicyclic amines) is 2. The van der Waals surface area contributed by atoms with Crippen LogP contribution in [0, 0.1) is 12.8 Å². The predicted octanol–water partition coefficient (Wildman–Crippen LogP) is 2.22. The minimum Gasteiger partial charge on any atom is -0.330 e. The molecule has 1 aromatic rings. The second kappa shape index (κ2) is 4.57. The van der Waals surface area contributed by atoms with Gasteiger partial charge in [0.1, 0.15) is 5.54 Å². The lowest BCUT2D eigenvalue weighted by Crippen LogP contribution is -2.46. The molecule has 2 fully saturated rings. The van der Waals surface area contributed by atoms with Gasteiger partial charge in [0.05, 0.1) is 11.8 Å². The molecule has 2 aliphatic heterocycles. The molecule has 0 saturated carbocycles. The number of rotatable bonds is 1. The average Bonchev–Trinajstić information content (AvgIpc) is 2.90. The van der Waals surface area contributed by atoms with Gasteiger partial charge in [-0.25, -0.2) is 0 Å². The van der Waals surface area contributed by atoms with E-state index in [0.717, 1.165) is 23.2 Å². The van der Waals surface area contributed by atoms with Crippen molar-refractivity contribution in [3.63, 3.8) is 0 Å². The number of aryl methyl sites for hydroxylation is 1. The molecule has 4 rings (SSSR count). The molecule has 4 heteroatoms. The minimum absolute atomic E-state index is 0.0307. The average molecular weight is 308 g/mol. The first-order valence-electron chi connectivity index (χ1n) is 7.99. The lowest BCUT2D eigenvalue weighted by molar-refractivity contribution is -0.133. The normalized spacial score (nSPS) is 32.2. The molecule has 0 bridgehead atoms. The Hall–Kier alpha value is -2.36. The summed E-state index contributed by atoms with van der Waals surface area (Å²) in [6.45, 7) is 2.00. The van der Waals surface area contributed by atoms with E-state index in [1.165, 1.54) is 0 Å². The molecule has 118 valence electrons. The lowest BCUT2D eigenvalue weighted by Gasteiger charge is -2.35. The van der Waals surface area contributed by atoms with Crippen LogP contribution in [0.25, 0.3) is 0 Å². The molecule has 0 aromatic heterocycles. The summed E-state index contributed by atoms with van der Waals surface area (Å²) in [5.74, 6) is -0.726. The third-order valence-electron chi connectivity index (χ3n) is 5.67. The van der Waals surface area contributed by atoms with E-state index in [1.54, 1.807) is 9.80 Å². The molecule has 3 atom stereocenters. The molecule has 0 radical (unpaired) electrons. The molecule has 2 heterocycles. The highest BCUT2D eigenvalue weighted by atomic mass is 16.2. The fourth-order valence-electron chi connectivity index (χ4n) is 4.53. The third kappa shape index (κ3) is 1.56. The number of nitrogens with zero attached hydrogens (tertiary/aromatic N) is 2. The number of hydrogen-bond donors (Lipinski definition) is 0. The number of hydrogen-bond acceptors (Lipinski definition) is 2. The molecule has 4 nitrogen and oxygen atoms in total. The van der Waals surface area contributed by atoms with Gasteiger partial charge >= 0.3 is 0 Å². The Labute approximate surface area is 136 Å². The molecular formula is C19H20N2O2. The van der Waals surface area contributed by atoms with E-state index >= 15 is 0 Å². The van der Waals surface area contributed by atoms with Gasteiger partial charge < -0.3 is 9.80 Å². The van der Waals surface area contributed by atoms with Gasteiger partial charge in [-0.3, -0.25) is 9.59 Å². The smallest absolute Gasteiger partial charge is 0.233 e. The molecule has 3 aliphatic rings. The molecule has 23 heavy (non-hydrogen) atoms. The third-order valence-corrected chi connectivity index (χ3v) is 5.67. The van der Waals surface area contributed by atoms with E-state index in [0.29, 0.717) is 0 Å². The number of benzene rings is 1. The van der Waals surface area contributed by atoms with E-state index in [4.69, 9.17) is 0 Å². The monoisotopic (exact) mass is 308 g/mol. The molecule has 1 spiro atoms. The van der Waals surface area contributed by atoms with Gasteiger partial charge in [0.25, 0.3) is 0 Å². The van der Waals surface area contributed by atoms with E-state index in [-0.39, 0.29) is 17.7 Å². The highest BCUT2D eigenvalue weighted by Crippen LogP contribution is 2.55. The van der Waals surface area contributed by atoms with E-state index in [2.05, 4.69) is 18.2 Å². The number of carbonyl (C=O) groups excluding carboxylic acids is 2. The van der Waals surface area contributed by atoms with Gasteiger partial charge in [-0.1, -0.05) is 42.5 Å².